The fourth-order valence-corrected chi connectivity index (χ4v) is 5.50. The molecule has 0 bridgehead atoms. The van der Waals surface area contributed by atoms with Crippen LogP contribution in [0.1, 0.15) is 76.4 Å². The van der Waals surface area contributed by atoms with E-state index in [0.29, 0.717) is 23.5 Å². The highest BCUT2D eigenvalue weighted by atomic mass is 32.1. The van der Waals surface area contributed by atoms with Gasteiger partial charge in [0.25, 0.3) is 11.8 Å². The van der Waals surface area contributed by atoms with Crippen LogP contribution in [0.15, 0.2) is 48.5 Å². The molecule has 0 saturated heterocycles. The van der Waals surface area contributed by atoms with Crippen molar-refractivity contribution in [1.29, 1.82) is 0 Å². The van der Waals surface area contributed by atoms with Gasteiger partial charge in [0, 0.05) is 12.6 Å². The van der Waals surface area contributed by atoms with Gasteiger partial charge in [-0.15, -0.1) is 0 Å². The number of ether oxygens (including phenoxy) is 1. The number of primary amides is 1. The lowest BCUT2D eigenvalue weighted by Gasteiger charge is -2.33. The number of carbonyl (C=O) groups is 3. The van der Waals surface area contributed by atoms with E-state index in [1.807, 2.05) is 6.92 Å². The number of amides is 3. The Morgan fingerprint density at radius 1 is 1.10 bits per heavy atom. The van der Waals surface area contributed by atoms with Gasteiger partial charge < -0.3 is 26.4 Å². The second-order valence-corrected chi connectivity index (χ2v) is 10.2. The van der Waals surface area contributed by atoms with Crippen LogP contribution in [0.2, 0.25) is 0 Å². The number of nitrogens with zero attached hydrogens (tertiary/aromatic N) is 2. The van der Waals surface area contributed by atoms with E-state index >= 15 is 0 Å². The molecule has 5 N–H and O–H groups in total. The van der Waals surface area contributed by atoms with E-state index in [1.165, 1.54) is 17.0 Å². The van der Waals surface area contributed by atoms with Gasteiger partial charge in [-0.3, -0.25) is 14.4 Å². The molecule has 4 rings (SSSR count). The molecule has 1 heterocycles. The molecular weight excluding hydrogens is 521 g/mol. The normalized spacial score (nSPS) is 14.4. The van der Waals surface area contributed by atoms with E-state index in [-0.39, 0.29) is 34.8 Å². The van der Waals surface area contributed by atoms with Crippen LogP contribution in [0.3, 0.4) is 0 Å². The maximum atomic E-state index is 14.0. The Morgan fingerprint density at radius 3 is 2.36 bits per heavy atom. The van der Waals surface area contributed by atoms with E-state index in [4.69, 9.17) is 16.2 Å². The van der Waals surface area contributed by atoms with Crippen LogP contribution in [-0.2, 0) is 11.3 Å². The van der Waals surface area contributed by atoms with Crippen molar-refractivity contribution in [3.63, 3.8) is 0 Å². The third-order valence-electron chi connectivity index (χ3n) is 6.70. The Hall–Kier alpha value is -3.99. The monoisotopic (exact) mass is 553 g/mol. The van der Waals surface area contributed by atoms with Crippen molar-refractivity contribution in [3.05, 3.63) is 76.0 Å². The maximum absolute atomic E-state index is 14.0. The molecule has 0 spiro atoms. The summed E-state index contributed by atoms with van der Waals surface area (Å²) in [5.41, 5.74) is 12.3. The Kier molecular flexibility index (Phi) is 9.13. The topological polar surface area (TPSA) is 141 Å². The summed E-state index contributed by atoms with van der Waals surface area (Å²) in [4.78, 5) is 41.1. The summed E-state index contributed by atoms with van der Waals surface area (Å²) >= 11 is 0.744. The molecule has 11 heteroatoms. The number of benzene rings is 2. The van der Waals surface area contributed by atoms with Crippen LogP contribution in [-0.4, -0.2) is 39.6 Å². The summed E-state index contributed by atoms with van der Waals surface area (Å²) in [7, 11) is 0. The van der Waals surface area contributed by atoms with Crippen LogP contribution in [0, 0.1) is 5.82 Å². The molecule has 206 valence electrons. The van der Waals surface area contributed by atoms with Crippen molar-refractivity contribution >= 4 is 34.9 Å². The zero-order valence-corrected chi connectivity index (χ0v) is 22.5. The number of halogens is 1. The third kappa shape index (κ3) is 6.72. The van der Waals surface area contributed by atoms with Gasteiger partial charge in [0.05, 0.1) is 12.3 Å². The Bertz CT molecular complexity index is 1310. The number of carbonyl (C=O) groups excluding carboxylic acids is 3. The highest BCUT2D eigenvalue weighted by Gasteiger charge is 2.36. The van der Waals surface area contributed by atoms with Crippen molar-refractivity contribution in [2.75, 3.05) is 12.3 Å². The molecule has 3 aromatic rings. The van der Waals surface area contributed by atoms with Gasteiger partial charge in [-0.1, -0.05) is 43.5 Å². The summed E-state index contributed by atoms with van der Waals surface area (Å²) in [5, 5.41) is 3.14. The zero-order chi connectivity index (χ0) is 27.9. The lowest BCUT2D eigenvalue weighted by molar-refractivity contribution is -0.127. The van der Waals surface area contributed by atoms with Gasteiger partial charge in [0.15, 0.2) is 5.69 Å². The first-order valence-corrected chi connectivity index (χ1v) is 13.7. The molecule has 0 radical (unpaired) electrons. The highest BCUT2D eigenvalue weighted by molar-refractivity contribution is 7.09. The average Bonchev–Trinajstić information content (AvgIpc) is 3.32. The second-order valence-electron chi connectivity index (χ2n) is 9.45. The molecule has 9 nitrogen and oxygen atoms in total. The van der Waals surface area contributed by atoms with Gasteiger partial charge in [0.1, 0.15) is 22.5 Å². The molecule has 3 amide bonds. The Labute approximate surface area is 230 Å². The molecule has 1 fully saturated rings. The summed E-state index contributed by atoms with van der Waals surface area (Å²) in [6.07, 6.45) is 4.87. The molecule has 2 aromatic carbocycles. The predicted molar refractivity (Wildman–Crippen MR) is 147 cm³/mol. The molecule has 39 heavy (non-hydrogen) atoms. The van der Waals surface area contributed by atoms with Gasteiger partial charge in [-0.25, -0.2) is 4.39 Å². The number of hydrogen-bond acceptors (Lipinski definition) is 7. The minimum atomic E-state index is -1.06. The summed E-state index contributed by atoms with van der Waals surface area (Å²) < 4.78 is 23.2. The summed E-state index contributed by atoms with van der Waals surface area (Å²) in [6, 6.07) is 11.6. The SMILES string of the molecule is CCOc1ccc(C(C(=O)NC2CCCCC2)N(Cc2ccc(F)cc2)C(=O)c2snc(C(N)=O)c2N)cc1. The summed E-state index contributed by atoms with van der Waals surface area (Å²) in [5.74, 6) is -1.60. The van der Waals surface area contributed by atoms with Gasteiger partial charge in [-0.2, -0.15) is 4.37 Å². The molecule has 1 saturated carbocycles. The number of anilines is 1. The molecule has 1 aliphatic carbocycles. The molecule has 1 aromatic heterocycles. The number of rotatable bonds is 10. The fraction of sp³-hybridized carbons (Fsp3) is 0.357. The second kappa shape index (κ2) is 12.7. The van der Waals surface area contributed by atoms with Crippen molar-refractivity contribution in [3.8, 4) is 5.75 Å². The minimum absolute atomic E-state index is 0.00541. The molecule has 1 unspecified atom stereocenters. The maximum Gasteiger partial charge on any atom is 0.270 e. The van der Waals surface area contributed by atoms with E-state index in [2.05, 4.69) is 9.69 Å². The quantitative estimate of drug-likeness (QED) is 0.344. The molecular formula is C28H32FN5O4S. The minimum Gasteiger partial charge on any atom is -0.494 e. The van der Waals surface area contributed by atoms with Gasteiger partial charge in [0.2, 0.25) is 5.91 Å². The first kappa shape index (κ1) is 28.0. The van der Waals surface area contributed by atoms with E-state index in [0.717, 1.165) is 43.6 Å². The van der Waals surface area contributed by atoms with Crippen molar-refractivity contribution in [1.82, 2.24) is 14.6 Å². The van der Waals surface area contributed by atoms with E-state index in [9.17, 15) is 18.8 Å². The van der Waals surface area contributed by atoms with Crippen molar-refractivity contribution in [2.24, 2.45) is 5.73 Å². The van der Waals surface area contributed by atoms with E-state index < -0.39 is 23.7 Å². The molecule has 0 aliphatic heterocycles. The smallest absolute Gasteiger partial charge is 0.270 e. The first-order valence-electron chi connectivity index (χ1n) is 12.9. The summed E-state index contributed by atoms with van der Waals surface area (Å²) in [6.45, 7) is 2.32. The number of aromatic nitrogens is 1. The number of nitrogens with one attached hydrogen (secondary N) is 1. The molecule has 1 atom stereocenters. The average molecular weight is 554 g/mol. The van der Waals surface area contributed by atoms with Crippen LogP contribution in [0.4, 0.5) is 10.1 Å². The fourth-order valence-electron chi connectivity index (χ4n) is 4.74. The first-order chi connectivity index (χ1) is 18.8. The third-order valence-corrected chi connectivity index (χ3v) is 7.55. The van der Waals surface area contributed by atoms with E-state index in [1.54, 1.807) is 36.4 Å². The number of hydrogen-bond donors (Lipinski definition) is 3. The van der Waals surface area contributed by atoms with Gasteiger partial charge >= 0.3 is 0 Å². The molecule has 1 aliphatic rings. The van der Waals surface area contributed by atoms with Crippen LogP contribution >= 0.6 is 11.5 Å². The standard InChI is InChI=1S/C28H32FN5O4S/c1-2-38-21-14-10-18(11-15-21)24(27(36)32-20-6-4-3-5-7-20)34(16-17-8-12-19(29)13-9-17)28(37)25-22(30)23(26(31)35)33-39-25/h8-15,20,24H,2-7,16,30H2,1H3,(H2,31,35)(H,32,36). The largest absolute Gasteiger partial charge is 0.494 e. The lowest BCUT2D eigenvalue weighted by atomic mass is 9.94. The van der Waals surface area contributed by atoms with Crippen LogP contribution in [0.5, 0.6) is 5.75 Å². The van der Waals surface area contributed by atoms with Crippen LogP contribution in [0.25, 0.3) is 0 Å². The lowest BCUT2D eigenvalue weighted by Crippen LogP contribution is -2.46. The van der Waals surface area contributed by atoms with Crippen molar-refractivity contribution in [2.45, 2.75) is 57.7 Å². The predicted octanol–water partition coefficient (Wildman–Crippen LogP) is 4.19. The van der Waals surface area contributed by atoms with Crippen LogP contribution < -0.4 is 21.5 Å². The zero-order valence-electron chi connectivity index (χ0n) is 21.7. The highest BCUT2D eigenvalue weighted by Crippen LogP contribution is 2.32. The number of nitrogen functional groups attached to an aromatic ring is 1. The number of nitrogens with two attached hydrogens (primary N) is 2. The van der Waals surface area contributed by atoms with Crippen molar-refractivity contribution < 1.29 is 23.5 Å². The Balaban J connectivity index is 1.78. The Morgan fingerprint density at radius 2 is 1.77 bits per heavy atom. The van der Waals surface area contributed by atoms with Gasteiger partial charge in [-0.05, 0) is 66.7 Å².